The average Bonchev–Trinajstić information content (AvgIpc) is 2.66. The highest BCUT2D eigenvalue weighted by atomic mass is 15.2. The fourth-order valence-corrected chi connectivity index (χ4v) is 3.94. The second kappa shape index (κ2) is 9.78. The zero-order valence-electron chi connectivity index (χ0n) is 14.6. The van der Waals surface area contributed by atoms with E-state index in [4.69, 9.17) is 0 Å². The van der Waals surface area contributed by atoms with E-state index in [1.165, 1.54) is 51.6 Å². The van der Waals surface area contributed by atoms with Crippen molar-refractivity contribution in [3.63, 3.8) is 0 Å². The van der Waals surface area contributed by atoms with Crippen LogP contribution in [0.4, 0.5) is 0 Å². The Hall–Kier alpha value is -0.0800. The molecule has 1 aliphatic heterocycles. The first kappa shape index (κ1) is 18.0. The monoisotopic (exact) mass is 282 g/mol. The number of likely N-dealkylation sites (tertiary alicyclic amines) is 1. The van der Waals surface area contributed by atoms with Gasteiger partial charge >= 0.3 is 0 Å². The summed E-state index contributed by atoms with van der Waals surface area (Å²) in [5.41, 5.74) is 0. The fraction of sp³-hybridized carbons (Fsp3) is 1.00. The van der Waals surface area contributed by atoms with Crippen LogP contribution >= 0.6 is 0 Å². The van der Waals surface area contributed by atoms with Gasteiger partial charge in [-0.3, -0.25) is 4.90 Å². The Bertz CT molecular complexity index is 234. The van der Waals surface area contributed by atoms with Gasteiger partial charge in [0.05, 0.1) is 0 Å². The lowest BCUT2D eigenvalue weighted by molar-refractivity contribution is 0.149. The molecule has 0 aromatic rings. The highest BCUT2D eigenvalue weighted by molar-refractivity contribution is 4.85. The molecule has 1 aliphatic rings. The third-order valence-electron chi connectivity index (χ3n) is 5.17. The first-order chi connectivity index (χ1) is 9.63. The number of hydrogen-bond acceptors (Lipinski definition) is 2. The number of hydrogen-bond donors (Lipinski definition) is 1. The summed E-state index contributed by atoms with van der Waals surface area (Å²) in [4.78, 5) is 2.80. The van der Waals surface area contributed by atoms with Crippen LogP contribution in [0.2, 0.25) is 0 Å². The Kier molecular flexibility index (Phi) is 8.79. The Morgan fingerprint density at radius 1 is 1.10 bits per heavy atom. The molecular weight excluding hydrogens is 244 g/mol. The first-order valence-corrected chi connectivity index (χ1v) is 9.11. The molecule has 3 unspecified atom stereocenters. The molecule has 0 bridgehead atoms. The summed E-state index contributed by atoms with van der Waals surface area (Å²) in [6, 6.07) is 1.42. The molecule has 0 aromatic heterocycles. The molecule has 2 heteroatoms. The maximum absolute atomic E-state index is 3.74. The second-order valence-electron chi connectivity index (χ2n) is 6.90. The van der Waals surface area contributed by atoms with Crippen LogP contribution in [0.25, 0.3) is 0 Å². The summed E-state index contributed by atoms with van der Waals surface area (Å²) in [5.74, 6) is 1.80. The number of nitrogens with zero attached hydrogens (tertiary/aromatic N) is 1. The summed E-state index contributed by atoms with van der Waals surface area (Å²) in [7, 11) is 0. The third kappa shape index (κ3) is 5.37. The van der Waals surface area contributed by atoms with Crippen molar-refractivity contribution in [1.82, 2.24) is 10.2 Å². The van der Waals surface area contributed by atoms with Gasteiger partial charge in [-0.05, 0) is 63.6 Å². The molecule has 20 heavy (non-hydrogen) atoms. The van der Waals surface area contributed by atoms with Crippen LogP contribution in [0.15, 0.2) is 0 Å². The van der Waals surface area contributed by atoms with Gasteiger partial charge in [0, 0.05) is 12.1 Å². The van der Waals surface area contributed by atoms with E-state index in [-0.39, 0.29) is 0 Å². The van der Waals surface area contributed by atoms with E-state index < -0.39 is 0 Å². The van der Waals surface area contributed by atoms with Crippen LogP contribution in [0.1, 0.15) is 73.1 Å². The molecule has 1 heterocycles. The summed E-state index contributed by atoms with van der Waals surface area (Å²) < 4.78 is 0. The van der Waals surface area contributed by atoms with Gasteiger partial charge in [0.25, 0.3) is 0 Å². The predicted octanol–water partition coefficient (Wildman–Crippen LogP) is 4.30. The topological polar surface area (TPSA) is 15.3 Å². The number of likely N-dealkylation sites (N-methyl/N-ethyl adjacent to an activating group) is 1. The largest absolute Gasteiger partial charge is 0.313 e. The zero-order chi connectivity index (χ0) is 15.0. The van der Waals surface area contributed by atoms with Gasteiger partial charge < -0.3 is 5.32 Å². The van der Waals surface area contributed by atoms with Gasteiger partial charge in [-0.2, -0.15) is 0 Å². The van der Waals surface area contributed by atoms with E-state index in [0.717, 1.165) is 24.4 Å². The molecule has 0 aliphatic carbocycles. The Balaban J connectivity index is 2.63. The molecular formula is C18H38N2. The van der Waals surface area contributed by atoms with Crippen molar-refractivity contribution in [2.24, 2.45) is 11.8 Å². The molecule has 0 spiro atoms. The number of rotatable bonds is 8. The molecule has 2 nitrogen and oxygen atoms in total. The van der Waals surface area contributed by atoms with Crippen molar-refractivity contribution in [3.8, 4) is 0 Å². The molecule has 0 amide bonds. The Labute approximate surface area is 127 Å². The van der Waals surface area contributed by atoms with E-state index >= 15 is 0 Å². The van der Waals surface area contributed by atoms with Crippen molar-refractivity contribution < 1.29 is 0 Å². The lowest BCUT2D eigenvalue weighted by atomic mass is 9.89. The highest BCUT2D eigenvalue weighted by Crippen LogP contribution is 2.27. The fourth-order valence-electron chi connectivity index (χ4n) is 3.94. The third-order valence-corrected chi connectivity index (χ3v) is 5.17. The summed E-state index contributed by atoms with van der Waals surface area (Å²) >= 11 is 0. The van der Waals surface area contributed by atoms with Gasteiger partial charge in [-0.25, -0.2) is 0 Å². The molecule has 0 saturated carbocycles. The predicted molar refractivity (Wildman–Crippen MR) is 90.2 cm³/mol. The van der Waals surface area contributed by atoms with Crippen molar-refractivity contribution >= 4 is 0 Å². The minimum Gasteiger partial charge on any atom is -0.313 e. The average molecular weight is 283 g/mol. The van der Waals surface area contributed by atoms with Crippen molar-refractivity contribution in [3.05, 3.63) is 0 Å². The van der Waals surface area contributed by atoms with E-state index in [9.17, 15) is 0 Å². The SMILES string of the molecule is CCCC(NCC)C(CC)N1CCCC(C(C)C)CC1. The van der Waals surface area contributed by atoms with Crippen LogP contribution in [0.5, 0.6) is 0 Å². The van der Waals surface area contributed by atoms with E-state index in [1.54, 1.807) is 0 Å². The molecule has 3 atom stereocenters. The van der Waals surface area contributed by atoms with Gasteiger partial charge in [0.1, 0.15) is 0 Å². The molecule has 0 aromatic carbocycles. The quantitative estimate of drug-likeness (QED) is 0.714. The first-order valence-electron chi connectivity index (χ1n) is 9.11. The minimum atomic E-state index is 0.686. The van der Waals surface area contributed by atoms with Crippen LogP contribution in [-0.2, 0) is 0 Å². The Morgan fingerprint density at radius 2 is 1.85 bits per heavy atom. The van der Waals surface area contributed by atoms with Crippen LogP contribution in [0, 0.1) is 11.8 Å². The smallest absolute Gasteiger partial charge is 0.0246 e. The maximum Gasteiger partial charge on any atom is 0.0246 e. The van der Waals surface area contributed by atoms with E-state index in [2.05, 4.69) is 44.8 Å². The maximum atomic E-state index is 3.74. The summed E-state index contributed by atoms with van der Waals surface area (Å²) in [5, 5.41) is 3.74. The Morgan fingerprint density at radius 3 is 2.40 bits per heavy atom. The van der Waals surface area contributed by atoms with E-state index in [1.807, 2.05) is 0 Å². The zero-order valence-corrected chi connectivity index (χ0v) is 14.6. The molecule has 0 radical (unpaired) electrons. The van der Waals surface area contributed by atoms with Crippen molar-refractivity contribution in [2.75, 3.05) is 19.6 Å². The van der Waals surface area contributed by atoms with Crippen molar-refractivity contribution in [2.45, 2.75) is 85.2 Å². The molecule has 1 fully saturated rings. The van der Waals surface area contributed by atoms with Crippen LogP contribution in [-0.4, -0.2) is 36.6 Å². The van der Waals surface area contributed by atoms with Crippen LogP contribution in [0.3, 0.4) is 0 Å². The highest BCUT2D eigenvalue weighted by Gasteiger charge is 2.27. The molecule has 1 N–H and O–H groups in total. The second-order valence-corrected chi connectivity index (χ2v) is 6.90. The lowest BCUT2D eigenvalue weighted by Crippen LogP contribution is -2.50. The van der Waals surface area contributed by atoms with Crippen molar-refractivity contribution in [1.29, 1.82) is 0 Å². The standard InChI is InChI=1S/C18H38N2/c1-6-10-17(19-8-3)18(7-2)20-13-9-11-16(12-14-20)15(4)5/h15-19H,6-14H2,1-5H3. The normalized spacial score (nSPS) is 24.6. The molecule has 120 valence electrons. The van der Waals surface area contributed by atoms with Gasteiger partial charge in [-0.15, -0.1) is 0 Å². The number of nitrogens with one attached hydrogen (secondary N) is 1. The summed E-state index contributed by atoms with van der Waals surface area (Å²) in [6.45, 7) is 15.5. The lowest BCUT2D eigenvalue weighted by Gasteiger charge is -2.36. The van der Waals surface area contributed by atoms with Gasteiger partial charge in [0.15, 0.2) is 0 Å². The van der Waals surface area contributed by atoms with Gasteiger partial charge in [0.2, 0.25) is 0 Å². The summed E-state index contributed by atoms with van der Waals surface area (Å²) in [6.07, 6.45) is 8.12. The van der Waals surface area contributed by atoms with E-state index in [0.29, 0.717) is 6.04 Å². The molecule has 1 saturated heterocycles. The minimum absolute atomic E-state index is 0.686. The molecule has 1 rings (SSSR count). The van der Waals surface area contributed by atoms with Crippen LogP contribution < -0.4 is 5.32 Å². The van der Waals surface area contributed by atoms with Gasteiger partial charge in [-0.1, -0.05) is 41.0 Å².